The highest BCUT2D eigenvalue weighted by molar-refractivity contribution is 9.10. The lowest BCUT2D eigenvalue weighted by molar-refractivity contribution is 0.499. The molecule has 0 saturated heterocycles. The molecular formula is C16H17BrN4. The van der Waals surface area contributed by atoms with E-state index >= 15 is 0 Å². The summed E-state index contributed by atoms with van der Waals surface area (Å²) < 4.78 is 2.88. The average Bonchev–Trinajstić information content (AvgIpc) is 2.88. The Balaban J connectivity index is 2.17. The maximum atomic E-state index is 6.54. The highest BCUT2D eigenvalue weighted by atomic mass is 79.9. The van der Waals surface area contributed by atoms with Gasteiger partial charge in [-0.15, -0.1) is 0 Å². The summed E-state index contributed by atoms with van der Waals surface area (Å²) in [4.78, 5) is 4.49. The number of para-hydroxylation sites is 1. The van der Waals surface area contributed by atoms with Crippen LogP contribution in [0.15, 0.2) is 47.2 Å². The molecule has 0 aliphatic heterocycles. The zero-order valence-corrected chi connectivity index (χ0v) is 13.6. The lowest BCUT2D eigenvalue weighted by Crippen LogP contribution is -2.19. The van der Waals surface area contributed by atoms with E-state index in [1.807, 2.05) is 35.0 Å². The second-order valence-electron chi connectivity index (χ2n) is 5.32. The quantitative estimate of drug-likeness (QED) is 0.785. The Morgan fingerprint density at radius 1 is 1.19 bits per heavy atom. The van der Waals surface area contributed by atoms with Crippen molar-refractivity contribution in [1.29, 1.82) is 0 Å². The highest BCUT2D eigenvalue weighted by Gasteiger charge is 2.21. The van der Waals surface area contributed by atoms with Crippen molar-refractivity contribution in [2.75, 3.05) is 0 Å². The minimum atomic E-state index is -0.275. The van der Waals surface area contributed by atoms with E-state index < -0.39 is 0 Å². The monoisotopic (exact) mass is 344 g/mol. The Kier molecular flexibility index (Phi) is 3.78. The van der Waals surface area contributed by atoms with Crippen LogP contribution in [-0.4, -0.2) is 14.8 Å². The third-order valence-electron chi connectivity index (χ3n) is 3.57. The zero-order chi connectivity index (χ0) is 15.0. The fourth-order valence-corrected chi connectivity index (χ4v) is 3.10. The van der Waals surface area contributed by atoms with Gasteiger partial charge in [0, 0.05) is 23.2 Å². The van der Waals surface area contributed by atoms with Crippen molar-refractivity contribution < 1.29 is 0 Å². The van der Waals surface area contributed by atoms with Crippen LogP contribution in [0.3, 0.4) is 0 Å². The molecule has 0 radical (unpaired) electrons. The Morgan fingerprint density at radius 2 is 1.95 bits per heavy atom. The molecule has 0 amide bonds. The van der Waals surface area contributed by atoms with E-state index in [4.69, 9.17) is 5.73 Å². The van der Waals surface area contributed by atoms with Crippen LogP contribution in [0, 0.1) is 0 Å². The summed E-state index contributed by atoms with van der Waals surface area (Å²) in [5.41, 5.74) is 9.46. The van der Waals surface area contributed by atoms with E-state index in [0.29, 0.717) is 0 Å². The van der Waals surface area contributed by atoms with Crippen molar-refractivity contribution in [2.45, 2.75) is 25.9 Å². The van der Waals surface area contributed by atoms with Crippen LogP contribution >= 0.6 is 15.9 Å². The second-order valence-corrected chi connectivity index (χ2v) is 6.17. The van der Waals surface area contributed by atoms with E-state index in [-0.39, 0.29) is 12.1 Å². The van der Waals surface area contributed by atoms with Gasteiger partial charge < -0.3 is 5.73 Å². The summed E-state index contributed by atoms with van der Waals surface area (Å²) in [6.07, 6.45) is 3.60. The largest absolute Gasteiger partial charge is 0.319 e. The van der Waals surface area contributed by atoms with Gasteiger partial charge in [-0.05, 0) is 35.8 Å². The van der Waals surface area contributed by atoms with Crippen molar-refractivity contribution in [2.24, 2.45) is 5.73 Å². The predicted molar refractivity (Wildman–Crippen MR) is 88.1 cm³/mol. The van der Waals surface area contributed by atoms with Gasteiger partial charge in [-0.1, -0.05) is 24.3 Å². The molecule has 2 heterocycles. The number of pyridine rings is 1. The van der Waals surface area contributed by atoms with E-state index in [1.165, 1.54) is 0 Å². The number of hydrogen-bond acceptors (Lipinski definition) is 3. The van der Waals surface area contributed by atoms with E-state index in [1.54, 1.807) is 12.4 Å². The SMILES string of the molecule is CC(C)n1ncc(Br)c1C(N)c1cccc2cccnc12. The van der Waals surface area contributed by atoms with E-state index in [9.17, 15) is 0 Å². The van der Waals surface area contributed by atoms with Crippen LogP contribution in [0.2, 0.25) is 0 Å². The molecule has 21 heavy (non-hydrogen) atoms. The van der Waals surface area contributed by atoms with Crippen molar-refractivity contribution in [1.82, 2.24) is 14.8 Å². The van der Waals surface area contributed by atoms with Crippen molar-refractivity contribution in [3.63, 3.8) is 0 Å². The van der Waals surface area contributed by atoms with Gasteiger partial charge in [-0.3, -0.25) is 9.67 Å². The molecule has 5 heteroatoms. The summed E-state index contributed by atoms with van der Waals surface area (Å²) >= 11 is 3.56. The summed E-state index contributed by atoms with van der Waals surface area (Å²) in [5.74, 6) is 0. The molecular weight excluding hydrogens is 328 g/mol. The van der Waals surface area contributed by atoms with Gasteiger partial charge in [0.25, 0.3) is 0 Å². The van der Waals surface area contributed by atoms with Crippen LogP contribution < -0.4 is 5.73 Å². The number of nitrogens with two attached hydrogens (primary N) is 1. The predicted octanol–water partition coefficient (Wildman–Crippen LogP) is 3.82. The topological polar surface area (TPSA) is 56.7 Å². The van der Waals surface area contributed by atoms with Gasteiger partial charge in [-0.25, -0.2) is 0 Å². The Hall–Kier alpha value is -1.72. The lowest BCUT2D eigenvalue weighted by Gasteiger charge is -2.19. The summed E-state index contributed by atoms with van der Waals surface area (Å²) in [6.45, 7) is 4.19. The molecule has 3 rings (SSSR count). The number of benzene rings is 1. The van der Waals surface area contributed by atoms with Crippen molar-refractivity contribution in [3.05, 3.63) is 58.5 Å². The Labute approximate surface area is 132 Å². The number of aromatic nitrogens is 3. The smallest absolute Gasteiger partial charge is 0.0756 e. The fourth-order valence-electron chi connectivity index (χ4n) is 2.58. The van der Waals surface area contributed by atoms with Crippen LogP contribution in [0.25, 0.3) is 10.9 Å². The van der Waals surface area contributed by atoms with E-state index in [2.05, 4.69) is 39.9 Å². The lowest BCUT2D eigenvalue weighted by atomic mass is 10.0. The molecule has 0 aliphatic rings. The summed E-state index contributed by atoms with van der Waals surface area (Å²) in [7, 11) is 0. The first-order valence-electron chi connectivity index (χ1n) is 6.91. The molecule has 0 saturated carbocycles. The van der Waals surface area contributed by atoms with Gasteiger partial charge in [0.2, 0.25) is 0 Å². The Bertz CT molecular complexity index is 774. The molecule has 0 aliphatic carbocycles. The van der Waals surface area contributed by atoms with Crippen LogP contribution in [0.1, 0.15) is 37.2 Å². The number of fused-ring (bicyclic) bond motifs is 1. The van der Waals surface area contributed by atoms with Gasteiger partial charge in [0.15, 0.2) is 0 Å². The summed E-state index contributed by atoms with van der Waals surface area (Å²) in [5, 5.41) is 5.51. The minimum absolute atomic E-state index is 0.250. The second kappa shape index (κ2) is 5.58. The number of halogens is 1. The molecule has 0 spiro atoms. The van der Waals surface area contributed by atoms with Gasteiger partial charge in [0.05, 0.1) is 27.9 Å². The first-order valence-corrected chi connectivity index (χ1v) is 7.71. The minimum Gasteiger partial charge on any atom is -0.319 e. The van der Waals surface area contributed by atoms with E-state index in [0.717, 1.165) is 26.6 Å². The first-order chi connectivity index (χ1) is 10.1. The molecule has 4 nitrogen and oxygen atoms in total. The molecule has 0 bridgehead atoms. The van der Waals surface area contributed by atoms with Crippen molar-refractivity contribution >= 4 is 26.8 Å². The van der Waals surface area contributed by atoms with Gasteiger partial charge >= 0.3 is 0 Å². The van der Waals surface area contributed by atoms with Crippen LogP contribution in [0.5, 0.6) is 0 Å². The molecule has 3 aromatic rings. The standard InChI is InChI=1S/C16H17BrN4/c1-10(2)21-16(13(17)9-20-21)14(18)12-7-3-5-11-6-4-8-19-15(11)12/h3-10,14H,18H2,1-2H3. The maximum absolute atomic E-state index is 6.54. The summed E-state index contributed by atoms with van der Waals surface area (Å²) in [6, 6.07) is 10.1. The molecule has 2 aromatic heterocycles. The third-order valence-corrected chi connectivity index (χ3v) is 4.18. The number of nitrogens with zero attached hydrogens (tertiary/aromatic N) is 3. The normalized spacial score (nSPS) is 13.0. The zero-order valence-electron chi connectivity index (χ0n) is 12.0. The molecule has 0 fully saturated rings. The first kappa shape index (κ1) is 14.2. The number of hydrogen-bond donors (Lipinski definition) is 1. The van der Waals surface area contributed by atoms with Crippen LogP contribution in [-0.2, 0) is 0 Å². The molecule has 2 N–H and O–H groups in total. The van der Waals surface area contributed by atoms with Crippen LogP contribution in [0.4, 0.5) is 0 Å². The molecule has 1 aromatic carbocycles. The third kappa shape index (κ3) is 2.47. The average molecular weight is 345 g/mol. The highest BCUT2D eigenvalue weighted by Crippen LogP contribution is 2.31. The van der Waals surface area contributed by atoms with Crippen molar-refractivity contribution in [3.8, 4) is 0 Å². The fraction of sp³-hybridized carbons (Fsp3) is 0.250. The molecule has 1 unspecified atom stereocenters. The molecule has 108 valence electrons. The van der Waals surface area contributed by atoms with Gasteiger partial charge in [0.1, 0.15) is 0 Å². The Morgan fingerprint density at radius 3 is 2.71 bits per heavy atom. The molecule has 1 atom stereocenters. The maximum Gasteiger partial charge on any atom is 0.0756 e. The van der Waals surface area contributed by atoms with Gasteiger partial charge in [-0.2, -0.15) is 5.10 Å². The number of rotatable bonds is 3.